The number of hydrogen-bond acceptors (Lipinski definition) is 1. The molecule has 0 spiro atoms. The molecule has 2 aromatic rings. The van der Waals surface area contributed by atoms with Crippen molar-refractivity contribution >= 4 is 27.6 Å². The van der Waals surface area contributed by atoms with Crippen LogP contribution in [0.1, 0.15) is 65.1 Å². The summed E-state index contributed by atoms with van der Waals surface area (Å²) >= 11 is -2.57. The van der Waals surface area contributed by atoms with E-state index in [1.54, 1.807) is 12.3 Å². The van der Waals surface area contributed by atoms with Gasteiger partial charge in [-0.25, -0.2) is 0 Å². The summed E-state index contributed by atoms with van der Waals surface area (Å²) < 4.78 is 21.3. The molecule has 4 heteroatoms. The minimum atomic E-state index is -2.57. The van der Waals surface area contributed by atoms with Crippen molar-refractivity contribution in [2.75, 3.05) is 0 Å². The van der Waals surface area contributed by atoms with Crippen molar-refractivity contribution in [3.05, 3.63) is 30.0 Å². The predicted molar refractivity (Wildman–Crippen MR) is 104 cm³/mol. The van der Waals surface area contributed by atoms with Crippen LogP contribution >= 0.6 is 0 Å². The zero-order valence-corrected chi connectivity index (χ0v) is 18.7. The normalized spacial score (nSPS) is 12.2. The van der Waals surface area contributed by atoms with Gasteiger partial charge in [-0.3, -0.25) is 0 Å². The Morgan fingerprint density at radius 1 is 0.958 bits per heavy atom. The third-order valence-corrected chi connectivity index (χ3v) is 20.4. The first-order chi connectivity index (χ1) is 11.6. The van der Waals surface area contributed by atoms with Crippen LogP contribution in [0.15, 0.2) is 18.3 Å². The summed E-state index contributed by atoms with van der Waals surface area (Å²) in [5.74, 6) is 0.774. The van der Waals surface area contributed by atoms with Gasteiger partial charge in [-0.2, -0.15) is 0 Å². The van der Waals surface area contributed by atoms with Crippen molar-refractivity contribution in [2.45, 2.75) is 79.5 Å². The Kier molecular flexibility index (Phi) is 7.57. The van der Waals surface area contributed by atoms with Crippen molar-refractivity contribution in [3.8, 4) is 0 Å². The molecule has 0 unspecified atom stereocenters. The van der Waals surface area contributed by atoms with E-state index in [1.165, 1.54) is 61.1 Å². The number of fused-ring (bicyclic) bond motifs is 1. The number of imidazole rings is 1. The van der Waals surface area contributed by atoms with Crippen molar-refractivity contribution in [3.63, 3.8) is 0 Å². The summed E-state index contributed by atoms with van der Waals surface area (Å²) in [6.45, 7) is 8.90. The quantitative estimate of drug-likeness (QED) is 0.426. The number of rotatable bonds is 10. The maximum absolute atomic E-state index is 13.7. The first kappa shape index (κ1) is 19.7. The van der Waals surface area contributed by atoms with Crippen LogP contribution in [-0.4, -0.2) is 27.8 Å². The fraction of sp³-hybridized carbons (Fsp3) is 0.650. The monoisotopic (exact) mass is 440 g/mol. The zero-order valence-electron chi connectivity index (χ0n) is 15.9. The maximum atomic E-state index is 13.7. The van der Waals surface area contributed by atoms with Gasteiger partial charge in [0.2, 0.25) is 0 Å². The number of hydrogen-bond donors (Lipinski definition) is 0. The van der Waals surface area contributed by atoms with Crippen LogP contribution in [0.25, 0.3) is 5.52 Å². The van der Waals surface area contributed by atoms with Gasteiger partial charge in [0.15, 0.2) is 0 Å². The summed E-state index contributed by atoms with van der Waals surface area (Å²) in [4.78, 5) is 5.05. The van der Waals surface area contributed by atoms with Gasteiger partial charge in [-0.15, -0.1) is 0 Å². The molecule has 2 rings (SSSR count). The summed E-state index contributed by atoms with van der Waals surface area (Å²) in [5.41, 5.74) is 1.19. The number of pyridine rings is 1. The van der Waals surface area contributed by atoms with E-state index in [9.17, 15) is 4.39 Å². The number of aromatic nitrogens is 2. The van der Waals surface area contributed by atoms with E-state index in [-0.39, 0.29) is 5.82 Å². The Bertz CT molecular complexity index is 629. The Morgan fingerprint density at radius 2 is 1.50 bits per heavy atom. The van der Waals surface area contributed by atoms with Gasteiger partial charge in [0.25, 0.3) is 0 Å². The van der Waals surface area contributed by atoms with Crippen LogP contribution in [-0.2, 0) is 0 Å². The van der Waals surface area contributed by atoms with E-state index in [1.807, 2.05) is 17.4 Å². The van der Waals surface area contributed by atoms with Crippen LogP contribution < -0.4 is 3.71 Å². The number of unbranched alkanes of at least 4 members (excludes halogenated alkanes) is 3. The molecule has 0 saturated heterocycles. The summed E-state index contributed by atoms with van der Waals surface area (Å²) in [7, 11) is 0. The molecule has 0 aliphatic carbocycles. The van der Waals surface area contributed by atoms with Crippen LogP contribution in [0.3, 0.4) is 0 Å². The van der Waals surface area contributed by atoms with Crippen LogP contribution in [0.2, 0.25) is 13.3 Å². The summed E-state index contributed by atoms with van der Waals surface area (Å²) in [6.07, 6.45) is 9.36. The fourth-order valence-corrected chi connectivity index (χ4v) is 20.1. The molecule has 0 bridgehead atoms. The van der Waals surface area contributed by atoms with Gasteiger partial charge < -0.3 is 0 Å². The molecule has 2 heterocycles. The van der Waals surface area contributed by atoms with E-state index in [0.29, 0.717) is 0 Å². The van der Waals surface area contributed by atoms with Gasteiger partial charge >= 0.3 is 151 Å². The van der Waals surface area contributed by atoms with E-state index >= 15 is 0 Å². The molecule has 0 aromatic carbocycles. The third-order valence-electron chi connectivity index (χ3n) is 5.31. The van der Waals surface area contributed by atoms with Gasteiger partial charge in [0, 0.05) is 0 Å². The van der Waals surface area contributed by atoms with Crippen LogP contribution in [0.5, 0.6) is 0 Å². The molecule has 2 aromatic heterocycles. The van der Waals surface area contributed by atoms with E-state index < -0.39 is 18.4 Å². The summed E-state index contributed by atoms with van der Waals surface area (Å²) in [6, 6.07) is 3.58. The van der Waals surface area contributed by atoms with Gasteiger partial charge in [-0.1, -0.05) is 0 Å². The van der Waals surface area contributed by atoms with Gasteiger partial charge in [-0.05, 0) is 0 Å². The molecule has 0 N–H and O–H groups in total. The Morgan fingerprint density at radius 3 is 2.00 bits per heavy atom. The minimum absolute atomic E-state index is 0.175. The molecule has 0 aliphatic heterocycles. The molecular formula is C20H33FN2Sn. The first-order valence-corrected chi connectivity index (χ1v) is 17.2. The molecule has 134 valence electrons. The first-order valence-electron chi connectivity index (χ1n) is 9.72. The van der Waals surface area contributed by atoms with Crippen molar-refractivity contribution < 1.29 is 4.39 Å². The Labute approximate surface area is 150 Å². The van der Waals surface area contributed by atoms with E-state index in [2.05, 4.69) is 20.8 Å². The summed E-state index contributed by atoms with van der Waals surface area (Å²) in [5, 5.41) is 0. The predicted octanol–water partition coefficient (Wildman–Crippen LogP) is 5.84. The third kappa shape index (κ3) is 4.33. The van der Waals surface area contributed by atoms with Crippen molar-refractivity contribution in [1.29, 1.82) is 0 Å². The average molecular weight is 439 g/mol. The molecule has 0 amide bonds. The van der Waals surface area contributed by atoms with Crippen LogP contribution in [0, 0.1) is 12.7 Å². The number of aryl methyl sites for hydroxylation is 1. The molecule has 0 aliphatic rings. The Hall–Kier alpha value is -0.581. The molecule has 2 nitrogen and oxygen atoms in total. The zero-order chi connectivity index (χ0) is 17.6. The average Bonchev–Trinajstić information content (AvgIpc) is 2.91. The topological polar surface area (TPSA) is 17.3 Å². The molecule has 0 saturated carbocycles. The second-order valence-corrected chi connectivity index (χ2v) is 20.1. The second kappa shape index (κ2) is 9.21. The second-order valence-electron chi connectivity index (χ2n) is 7.20. The molecule has 0 atom stereocenters. The van der Waals surface area contributed by atoms with Crippen LogP contribution in [0.4, 0.5) is 4.39 Å². The van der Waals surface area contributed by atoms with Gasteiger partial charge in [0.05, 0.1) is 0 Å². The van der Waals surface area contributed by atoms with Gasteiger partial charge in [0.1, 0.15) is 0 Å². The van der Waals surface area contributed by atoms with Crippen molar-refractivity contribution in [2.24, 2.45) is 0 Å². The number of nitrogens with zero attached hydrogens (tertiary/aromatic N) is 2. The SMILES string of the molecule is CCC[CH2][Sn]([CH2]CCC)([CH2]CCC)[c]1nc(C)n2cc(F)ccc12. The Balaban J connectivity index is 2.55. The fourth-order valence-electron chi connectivity index (χ4n) is 3.87. The molecule has 0 fully saturated rings. The van der Waals surface area contributed by atoms with E-state index in [0.717, 1.165) is 5.82 Å². The molecule has 24 heavy (non-hydrogen) atoms. The van der Waals surface area contributed by atoms with Crippen molar-refractivity contribution in [1.82, 2.24) is 9.38 Å². The molecular weight excluding hydrogens is 406 g/mol. The van der Waals surface area contributed by atoms with E-state index in [4.69, 9.17) is 4.98 Å². The standard InChI is InChI=1S/C8H6FN2.3C4H9.Sn/c1-6-10-4-8-3-2-7(9)5-11(6)8;3*1-3-4-2;/h2-3,5H,1H3;3*1,3-4H2,2H3;. The number of halogens is 1. The molecule has 0 radical (unpaired) electrons.